The first-order valence-corrected chi connectivity index (χ1v) is 21.0. The summed E-state index contributed by atoms with van der Waals surface area (Å²) in [6.45, 7) is 4.18. The lowest BCUT2D eigenvalue weighted by Gasteiger charge is -2.14. The normalized spacial score (nSPS) is 11.5. The van der Waals surface area contributed by atoms with E-state index in [1.807, 2.05) is 0 Å². The number of carbonyl (C=O) groups is 7. The number of aliphatic carboxylic acids is 2. The molecule has 1 unspecified atom stereocenters. The molecule has 0 aromatic carbocycles. The van der Waals surface area contributed by atoms with E-state index in [-0.39, 0.29) is 128 Å². The van der Waals surface area contributed by atoms with Gasteiger partial charge in [0, 0.05) is 38.9 Å². The van der Waals surface area contributed by atoms with Gasteiger partial charge in [-0.3, -0.25) is 28.8 Å². The fourth-order valence-corrected chi connectivity index (χ4v) is 5.31. The number of ketones is 1. The standard InChI is InChI=1S/C40H72N4O15/c1-33(45)30-57-27-24-55-22-19-42-37(48)32-59-29-26-56-23-20-43-38(49)31-58-28-25-54-21-18-41-35(46)17-16-34(40(52)53)44-36(47)14-12-10-8-6-4-2-3-5-7-9-11-13-15-39(50)51/h34H,2-32H2,1H3,(H,41,46)(H,42,48)(H,43,49)(H,44,47)(H,50,51)(H,52,53). The SMILES string of the molecule is CC(=O)COCCOCCNC(=O)COCCOCCNC(=O)COCCOCCNC(=O)CCC(NC(=O)CCCCCCCCCCCCCCC(=O)O)C(=O)O. The summed E-state index contributed by atoms with van der Waals surface area (Å²) >= 11 is 0. The summed E-state index contributed by atoms with van der Waals surface area (Å²) in [5.41, 5.74) is 0. The van der Waals surface area contributed by atoms with Crippen LogP contribution >= 0.6 is 0 Å². The van der Waals surface area contributed by atoms with Crippen LogP contribution in [-0.2, 0) is 62.0 Å². The van der Waals surface area contributed by atoms with E-state index in [4.69, 9.17) is 33.5 Å². The van der Waals surface area contributed by atoms with E-state index in [1.54, 1.807) is 0 Å². The highest BCUT2D eigenvalue weighted by Crippen LogP contribution is 2.13. The molecule has 4 amide bonds. The molecule has 0 rings (SSSR count). The molecule has 0 radical (unpaired) electrons. The lowest BCUT2D eigenvalue weighted by atomic mass is 10.0. The van der Waals surface area contributed by atoms with Crippen LogP contribution in [0.25, 0.3) is 0 Å². The van der Waals surface area contributed by atoms with Crippen LogP contribution in [0.5, 0.6) is 0 Å². The number of Topliss-reactive ketones (excluding diaryl/α,β-unsaturated/α-hetero) is 1. The summed E-state index contributed by atoms with van der Waals surface area (Å²) in [7, 11) is 0. The summed E-state index contributed by atoms with van der Waals surface area (Å²) in [4.78, 5) is 80.9. The first kappa shape index (κ1) is 55.2. The molecule has 0 bridgehead atoms. The van der Waals surface area contributed by atoms with Crippen LogP contribution in [0.4, 0.5) is 0 Å². The number of amides is 4. The van der Waals surface area contributed by atoms with Gasteiger partial charge in [0.05, 0.1) is 59.5 Å². The Hall–Kier alpha value is -3.75. The zero-order chi connectivity index (χ0) is 43.6. The van der Waals surface area contributed by atoms with Crippen molar-refractivity contribution in [1.82, 2.24) is 21.3 Å². The van der Waals surface area contributed by atoms with Crippen molar-refractivity contribution in [3.05, 3.63) is 0 Å². The predicted octanol–water partition coefficient (Wildman–Crippen LogP) is 1.92. The molecule has 19 heteroatoms. The third kappa shape index (κ3) is 42.2. The summed E-state index contributed by atoms with van der Waals surface area (Å²) in [6.07, 6.45) is 12.7. The average Bonchev–Trinajstić information content (AvgIpc) is 3.19. The molecule has 19 nitrogen and oxygen atoms in total. The van der Waals surface area contributed by atoms with Gasteiger partial charge in [-0.15, -0.1) is 0 Å². The van der Waals surface area contributed by atoms with Gasteiger partial charge in [-0.1, -0.05) is 64.2 Å². The minimum Gasteiger partial charge on any atom is -0.481 e. The van der Waals surface area contributed by atoms with Gasteiger partial charge in [-0.2, -0.15) is 0 Å². The van der Waals surface area contributed by atoms with Crippen molar-refractivity contribution in [2.45, 2.75) is 116 Å². The fraction of sp³-hybridized carbons (Fsp3) is 0.825. The highest BCUT2D eigenvalue weighted by Gasteiger charge is 2.20. The smallest absolute Gasteiger partial charge is 0.326 e. The number of rotatable bonds is 44. The number of ether oxygens (including phenoxy) is 6. The van der Waals surface area contributed by atoms with Crippen LogP contribution in [0.1, 0.15) is 110 Å². The third-order valence-electron chi connectivity index (χ3n) is 8.43. The topological polar surface area (TPSA) is 263 Å². The van der Waals surface area contributed by atoms with Crippen molar-refractivity contribution >= 4 is 41.4 Å². The second kappa shape index (κ2) is 41.0. The van der Waals surface area contributed by atoms with Crippen molar-refractivity contribution in [2.24, 2.45) is 0 Å². The third-order valence-corrected chi connectivity index (χ3v) is 8.43. The molecule has 0 aliphatic rings. The molecule has 0 aromatic rings. The molecule has 0 spiro atoms. The van der Waals surface area contributed by atoms with Crippen molar-refractivity contribution < 1.29 is 72.2 Å². The number of hydrogen-bond acceptors (Lipinski definition) is 13. The van der Waals surface area contributed by atoms with Crippen LogP contribution in [0.3, 0.4) is 0 Å². The van der Waals surface area contributed by atoms with Gasteiger partial charge in [-0.05, 0) is 26.2 Å². The van der Waals surface area contributed by atoms with E-state index >= 15 is 0 Å². The van der Waals surface area contributed by atoms with E-state index in [0.717, 1.165) is 51.4 Å². The first-order chi connectivity index (χ1) is 28.5. The Labute approximate surface area is 349 Å². The molecular weight excluding hydrogens is 776 g/mol. The predicted molar refractivity (Wildman–Crippen MR) is 216 cm³/mol. The molecule has 0 heterocycles. The zero-order valence-corrected chi connectivity index (χ0v) is 35.2. The van der Waals surface area contributed by atoms with E-state index in [9.17, 15) is 38.7 Å². The van der Waals surface area contributed by atoms with Gasteiger partial charge in [0.2, 0.25) is 23.6 Å². The first-order valence-electron chi connectivity index (χ1n) is 21.0. The second-order valence-electron chi connectivity index (χ2n) is 13.9. The van der Waals surface area contributed by atoms with Crippen LogP contribution < -0.4 is 21.3 Å². The number of carboxylic acid groups (broad SMARTS) is 2. The minimum atomic E-state index is -1.19. The van der Waals surface area contributed by atoms with Crippen molar-refractivity contribution in [3.8, 4) is 0 Å². The Morgan fingerprint density at radius 1 is 0.424 bits per heavy atom. The van der Waals surface area contributed by atoms with Crippen molar-refractivity contribution in [1.29, 1.82) is 0 Å². The molecule has 0 aliphatic carbocycles. The molecule has 0 saturated heterocycles. The lowest BCUT2D eigenvalue weighted by Crippen LogP contribution is -2.41. The molecule has 0 saturated carbocycles. The summed E-state index contributed by atoms with van der Waals surface area (Å²) in [5.74, 6) is -3.29. The average molecular weight is 849 g/mol. The van der Waals surface area contributed by atoms with Gasteiger partial charge in [0.15, 0.2) is 5.78 Å². The Morgan fingerprint density at radius 3 is 1.20 bits per heavy atom. The van der Waals surface area contributed by atoms with Crippen LogP contribution in [0.15, 0.2) is 0 Å². The number of carbonyl (C=O) groups excluding carboxylic acids is 5. The Morgan fingerprint density at radius 2 is 0.797 bits per heavy atom. The molecular formula is C40H72N4O15. The molecule has 59 heavy (non-hydrogen) atoms. The fourth-order valence-electron chi connectivity index (χ4n) is 5.31. The Balaban J connectivity index is 3.63. The highest BCUT2D eigenvalue weighted by molar-refractivity contribution is 5.84. The largest absolute Gasteiger partial charge is 0.481 e. The van der Waals surface area contributed by atoms with Gasteiger partial charge in [0.25, 0.3) is 0 Å². The van der Waals surface area contributed by atoms with E-state index in [0.29, 0.717) is 32.8 Å². The van der Waals surface area contributed by atoms with Gasteiger partial charge < -0.3 is 59.9 Å². The highest BCUT2D eigenvalue weighted by atomic mass is 16.5. The molecule has 342 valence electrons. The van der Waals surface area contributed by atoms with Gasteiger partial charge >= 0.3 is 11.9 Å². The second-order valence-corrected chi connectivity index (χ2v) is 13.9. The maximum absolute atomic E-state index is 12.3. The number of hydrogen-bond donors (Lipinski definition) is 6. The Bertz CT molecular complexity index is 1140. The maximum Gasteiger partial charge on any atom is 0.326 e. The quantitative estimate of drug-likeness (QED) is 0.0479. The van der Waals surface area contributed by atoms with Crippen LogP contribution in [0.2, 0.25) is 0 Å². The number of unbranched alkanes of at least 4 members (excludes halogenated alkanes) is 11. The van der Waals surface area contributed by atoms with E-state index in [1.165, 1.54) is 26.2 Å². The molecule has 6 N–H and O–H groups in total. The zero-order valence-electron chi connectivity index (χ0n) is 35.2. The number of nitrogens with one attached hydrogen (secondary N) is 4. The molecule has 0 fully saturated rings. The van der Waals surface area contributed by atoms with E-state index < -0.39 is 18.0 Å². The monoisotopic (exact) mass is 848 g/mol. The maximum atomic E-state index is 12.3. The Kier molecular flexibility index (Phi) is 38.4. The summed E-state index contributed by atoms with van der Waals surface area (Å²) in [6, 6.07) is -1.15. The minimum absolute atomic E-state index is 0.0334. The van der Waals surface area contributed by atoms with Crippen LogP contribution in [-0.4, -0.2) is 157 Å². The van der Waals surface area contributed by atoms with Crippen molar-refractivity contribution in [3.63, 3.8) is 0 Å². The van der Waals surface area contributed by atoms with Crippen molar-refractivity contribution in [2.75, 3.05) is 98.9 Å². The summed E-state index contributed by atoms with van der Waals surface area (Å²) < 4.78 is 31.6. The summed E-state index contributed by atoms with van der Waals surface area (Å²) in [5, 5.41) is 28.6. The van der Waals surface area contributed by atoms with Gasteiger partial charge in [0.1, 0.15) is 25.9 Å². The lowest BCUT2D eigenvalue weighted by molar-refractivity contribution is -0.142. The molecule has 1 atom stereocenters. The van der Waals surface area contributed by atoms with Gasteiger partial charge in [-0.25, -0.2) is 4.79 Å². The molecule has 0 aliphatic heterocycles. The van der Waals surface area contributed by atoms with E-state index in [2.05, 4.69) is 21.3 Å². The van der Waals surface area contributed by atoms with Crippen LogP contribution in [0, 0.1) is 0 Å². The molecule has 0 aromatic heterocycles. The number of carboxylic acids is 2.